The number of nitrogens with zero attached hydrogens (tertiary/aromatic N) is 2. The van der Waals surface area contributed by atoms with Crippen LogP contribution in [0.5, 0.6) is 11.5 Å². The lowest BCUT2D eigenvalue weighted by Crippen LogP contribution is -2.41. The maximum atomic E-state index is 13.3. The summed E-state index contributed by atoms with van der Waals surface area (Å²) in [5, 5.41) is 2.92. The van der Waals surface area contributed by atoms with Crippen LogP contribution >= 0.6 is 0 Å². The Morgan fingerprint density at radius 1 is 1.02 bits per heavy atom. The third-order valence-corrected chi connectivity index (χ3v) is 8.60. The van der Waals surface area contributed by atoms with E-state index in [2.05, 4.69) is 20.0 Å². The fourth-order valence-electron chi connectivity index (χ4n) is 4.82. The number of alkyl halides is 3. The van der Waals surface area contributed by atoms with Gasteiger partial charge in [0.05, 0.1) is 12.5 Å². The molecule has 0 unspecified atom stereocenters. The number of halogens is 3. The number of imidazole rings is 1. The molecule has 0 atom stereocenters. The number of nitrogens with one attached hydrogen (secondary N) is 2. The summed E-state index contributed by atoms with van der Waals surface area (Å²) in [5.74, 6) is -0.237. The summed E-state index contributed by atoms with van der Waals surface area (Å²) in [7, 11) is -3.64. The Bertz CT molecular complexity index is 1650. The molecule has 5 rings (SSSR count). The summed E-state index contributed by atoms with van der Waals surface area (Å²) in [6.07, 6.45) is -1.43. The Morgan fingerprint density at radius 3 is 2.40 bits per heavy atom. The van der Waals surface area contributed by atoms with E-state index in [4.69, 9.17) is 4.74 Å². The normalized spacial score (nSPS) is 14.9. The van der Waals surface area contributed by atoms with E-state index in [1.165, 1.54) is 41.1 Å². The van der Waals surface area contributed by atoms with E-state index in [9.17, 15) is 26.4 Å². The molecule has 2 heterocycles. The van der Waals surface area contributed by atoms with Crippen molar-refractivity contribution < 1.29 is 35.9 Å². The highest BCUT2D eigenvalue weighted by atomic mass is 32.2. The van der Waals surface area contributed by atoms with Crippen LogP contribution in [0.25, 0.3) is 11.1 Å². The van der Waals surface area contributed by atoms with Gasteiger partial charge in [0.1, 0.15) is 17.6 Å². The molecule has 1 saturated heterocycles. The zero-order chi connectivity index (χ0) is 29.9. The third kappa shape index (κ3) is 6.74. The molecule has 2 N–H and O–H groups in total. The second kappa shape index (κ2) is 11.9. The number of amides is 1. The number of H-pyrrole nitrogens is 1. The maximum Gasteiger partial charge on any atom is 0.573 e. The molecular formula is C29H27F3N4O5S. The quantitative estimate of drug-likeness (QED) is 0.266. The monoisotopic (exact) mass is 600 g/mol. The summed E-state index contributed by atoms with van der Waals surface area (Å²) in [6.45, 7) is 2.40. The molecule has 0 aliphatic carbocycles. The minimum atomic E-state index is -4.80. The molecule has 1 fully saturated rings. The van der Waals surface area contributed by atoms with E-state index in [1.54, 1.807) is 36.4 Å². The van der Waals surface area contributed by atoms with Crippen molar-refractivity contribution in [1.82, 2.24) is 14.3 Å². The van der Waals surface area contributed by atoms with Crippen molar-refractivity contribution in [2.45, 2.75) is 37.3 Å². The van der Waals surface area contributed by atoms with Crippen LogP contribution in [0.1, 0.15) is 28.8 Å². The highest BCUT2D eigenvalue weighted by molar-refractivity contribution is 7.89. The van der Waals surface area contributed by atoms with E-state index < -0.39 is 22.3 Å². The molecule has 1 amide bonds. The first-order valence-electron chi connectivity index (χ1n) is 13.0. The highest BCUT2D eigenvalue weighted by Crippen LogP contribution is 2.32. The number of aromatic nitrogens is 2. The minimum absolute atomic E-state index is 0.0505. The van der Waals surface area contributed by atoms with Crippen molar-refractivity contribution in [2.75, 3.05) is 18.4 Å². The molecular weight excluding hydrogens is 573 g/mol. The largest absolute Gasteiger partial charge is 0.573 e. The molecule has 9 nitrogen and oxygen atoms in total. The van der Waals surface area contributed by atoms with Gasteiger partial charge in [-0.05, 0) is 66.8 Å². The second-order valence-corrected chi connectivity index (χ2v) is 11.6. The molecule has 42 heavy (non-hydrogen) atoms. The topological polar surface area (TPSA) is 114 Å². The first-order valence-corrected chi connectivity index (χ1v) is 14.5. The molecule has 220 valence electrons. The zero-order valence-corrected chi connectivity index (χ0v) is 23.2. The van der Waals surface area contributed by atoms with Gasteiger partial charge in [-0.15, -0.1) is 13.2 Å². The maximum absolute atomic E-state index is 13.3. The summed E-state index contributed by atoms with van der Waals surface area (Å²) >= 11 is 0. The number of carbonyl (C=O) groups excluding carboxylic acids is 1. The Hall–Kier alpha value is -4.36. The summed E-state index contributed by atoms with van der Waals surface area (Å²) in [5.41, 5.74) is 2.74. The van der Waals surface area contributed by atoms with E-state index in [0.717, 1.165) is 5.56 Å². The van der Waals surface area contributed by atoms with Crippen molar-refractivity contribution >= 4 is 21.6 Å². The van der Waals surface area contributed by atoms with Crippen LogP contribution in [-0.2, 0) is 10.0 Å². The van der Waals surface area contributed by atoms with Crippen molar-refractivity contribution in [1.29, 1.82) is 0 Å². The molecule has 1 aliphatic rings. The van der Waals surface area contributed by atoms with Gasteiger partial charge in [-0.25, -0.2) is 13.4 Å². The van der Waals surface area contributed by atoms with E-state index in [-0.39, 0.29) is 16.9 Å². The van der Waals surface area contributed by atoms with Crippen LogP contribution in [0.15, 0.2) is 84.3 Å². The fraction of sp³-hybridized carbons (Fsp3) is 0.241. The average Bonchev–Trinajstić information content (AvgIpc) is 3.50. The number of benzene rings is 3. The lowest BCUT2D eigenvalue weighted by Gasteiger charge is -2.31. The lowest BCUT2D eigenvalue weighted by molar-refractivity contribution is -0.274. The van der Waals surface area contributed by atoms with Crippen LogP contribution < -0.4 is 14.8 Å². The van der Waals surface area contributed by atoms with E-state index in [0.29, 0.717) is 54.1 Å². The highest BCUT2D eigenvalue weighted by Gasteiger charge is 2.32. The SMILES string of the molecule is Cc1cccc(C(=O)Nc2cccc(OC3CCN(S(=O)(=O)c4cnc[nH]4)CC3)c2)c1-c1ccc(OC(F)(F)F)cc1. The van der Waals surface area contributed by atoms with Gasteiger partial charge in [0.2, 0.25) is 0 Å². The van der Waals surface area contributed by atoms with Crippen molar-refractivity contribution in [3.05, 3.63) is 90.4 Å². The van der Waals surface area contributed by atoms with Crippen LogP contribution in [0.4, 0.5) is 18.9 Å². The van der Waals surface area contributed by atoms with Crippen LogP contribution in [0.3, 0.4) is 0 Å². The van der Waals surface area contributed by atoms with Crippen LogP contribution in [0.2, 0.25) is 0 Å². The molecule has 1 aliphatic heterocycles. The lowest BCUT2D eigenvalue weighted by atomic mass is 9.94. The first kappa shape index (κ1) is 29.1. The number of aryl methyl sites for hydroxylation is 1. The smallest absolute Gasteiger partial charge is 0.490 e. The summed E-state index contributed by atoms with van der Waals surface area (Å²) in [4.78, 5) is 19.8. The van der Waals surface area contributed by atoms with E-state index in [1.807, 2.05) is 13.0 Å². The van der Waals surface area contributed by atoms with Gasteiger partial charge in [0, 0.05) is 30.4 Å². The van der Waals surface area contributed by atoms with E-state index >= 15 is 0 Å². The van der Waals surface area contributed by atoms with Gasteiger partial charge in [-0.3, -0.25) is 4.79 Å². The number of piperidine rings is 1. The predicted molar refractivity (Wildman–Crippen MR) is 149 cm³/mol. The minimum Gasteiger partial charge on any atom is -0.490 e. The Morgan fingerprint density at radius 2 is 1.74 bits per heavy atom. The molecule has 0 spiro atoms. The number of hydrogen-bond acceptors (Lipinski definition) is 6. The Balaban J connectivity index is 1.25. The second-order valence-electron chi connectivity index (χ2n) is 9.69. The average molecular weight is 601 g/mol. The molecule has 4 aromatic rings. The zero-order valence-electron chi connectivity index (χ0n) is 22.4. The standard InChI is InChI=1S/C29H27F3N4O5S/c1-19-4-2-7-25(27(19)20-8-10-23(11-9-20)41-29(30,31)32)28(37)35-21-5-3-6-24(16-21)40-22-12-14-36(15-13-22)42(38,39)26-17-33-18-34-26/h2-11,16-18,22H,12-15H2,1H3,(H,33,34)(H,35,37). The van der Waals surface area contributed by atoms with Crippen LogP contribution in [0, 0.1) is 6.92 Å². The molecule has 13 heteroatoms. The number of hydrogen-bond donors (Lipinski definition) is 2. The van der Waals surface area contributed by atoms with Crippen molar-refractivity contribution in [2.24, 2.45) is 0 Å². The molecule has 0 radical (unpaired) electrons. The van der Waals surface area contributed by atoms with Gasteiger partial charge in [-0.2, -0.15) is 4.31 Å². The third-order valence-electron chi connectivity index (χ3n) is 6.78. The number of ether oxygens (including phenoxy) is 2. The van der Waals surface area contributed by atoms with Gasteiger partial charge in [-0.1, -0.05) is 30.3 Å². The Labute approximate surface area is 240 Å². The van der Waals surface area contributed by atoms with Crippen molar-refractivity contribution in [3.8, 4) is 22.6 Å². The molecule has 0 bridgehead atoms. The van der Waals surface area contributed by atoms with Gasteiger partial charge >= 0.3 is 6.36 Å². The first-order chi connectivity index (χ1) is 20.0. The molecule has 3 aromatic carbocycles. The summed E-state index contributed by atoms with van der Waals surface area (Å²) in [6, 6.07) is 17.4. The fourth-order valence-corrected chi connectivity index (χ4v) is 6.18. The number of anilines is 1. The molecule has 0 saturated carbocycles. The molecule has 1 aromatic heterocycles. The number of rotatable bonds is 8. The van der Waals surface area contributed by atoms with Gasteiger partial charge in [0.25, 0.3) is 15.9 Å². The van der Waals surface area contributed by atoms with Gasteiger partial charge in [0.15, 0.2) is 5.03 Å². The number of sulfonamides is 1. The number of carbonyl (C=O) groups is 1. The predicted octanol–water partition coefficient (Wildman–Crippen LogP) is 5.77. The van der Waals surface area contributed by atoms with Crippen molar-refractivity contribution in [3.63, 3.8) is 0 Å². The Kier molecular flexibility index (Phi) is 8.23. The van der Waals surface area contributed by atoms with Crippen LogP contribution in [-0.4, -0.2) is 54.2 Å². The number of aromatic amines is 1. The van der Waals surface area contributed by atoms with Gasteiger partial charge < -0.3 is 19.8 Å². The summed E-state index contributed by atoms with van der Waals surface area (Å²) < 4.78 is 74.6.